The highest BCUT2D eigenvalue weighted by molar-refractivity contribution is 7.10. The van der Waals surface area contributed by atoms with Crippen LogP contribution in [0.1, 0.15) is 22.0 Å². The molecule has 0 radical (unpaired) electrons. The minimum absolute atomic E-state index is 0.0127. The van der Waals surface area contributed by atoms with Gasteiger partial charge in [0.15, 0.2) is 6.54 Å². The van der Waals surface area contributed by atoms with Crippen LogP contribution in [0.5, 0.6) is 0 Å². The van der Waals surface area contributed by atoms with Gasteiger partial charge in [-0.25, -0.2) is 0 Å². The number of nitrogens with zero attached hydrogens (tertiary/aromatic N) is 1. The Bertz CT molecular complexity index is 975. The van der Waals surface area contributed by atoms with Crippen molar-refractivity contribution in [2.24, 2.45) is 0 Å². The molecular formula is C20H19ClN3O3S+. The number of halogens is 1. The number of hydrogen-bond donors (Lipinski definition) is 2. The van der Waals surface area contributed by atoms with Crippen molar-refractivity contribution in [2.75, 3.05) is 11.9 Å². The Morgan fingerprint density at radius 3 is 2.61 bits per heavy atom. The van der Waals surface area contributed by atoms with Gasteiger partial charge in [0.25, 0.3) is 11.6 Å². The number of benzene rings is 2. The van der Waals surface area contributed by atoms with Gasteiger partial charge in [0.05, 0.1) is 20.5 Å². The number of hydrogen-bond acceptors (Lipinski definition) is 4. The fourth-order valence-electron chi connectivity index (χ4n) is 2.80. The first-order chi connectivity index (χ1) is 13.4. The zero-order chi connectivity index (χ0) is 20.1. The van der Waals surface area contributed by atoms with Crippen LogP contribution >= 0.6 is 22.9 Å². The predicted molar refractivity (Wildman–Crippen MR) is 111 cm³/mol. The van der Waals surface area contributed by atoms with Gasteiger partial charge in [-0.15, -0.1) is 11.3 Å². The molecule has 1 heterocycles. The molecular weight excluding hydrogens is 398 g/mol. The van der Waals surface area contributed by atoms with Crippen LogP contribution in [0, 0.1) is 17.0 Å². The van der Waals surface area contributed by atoms with Crippen molar-refractivity contribution in [3.63, 3.8) is 0 Å². The maximum Gasteiger partial charge on any atom is 0.279 e. The minimum atomic E-state index is -0.529. The third-order valence-electron chi connectivity index (χ3n) is 4.26. The summed E-state index contributed by atoms with van der Waals surface area (Å²) < 4.78 is 0. The first kappa shape index (κ1) is 20.0. The maximum absolute atomic E-state index is 12.4. The van der Waals surface area contributed by atoms with Crippen LogP contribution in [0.4, 0.5) is 11.4 Å². The van der Waals surface area contributed by atoms with Gasteiger partial charge < -0.3 is 10.6 Å². The molecule has 6 nitrogen and oxygen atoms in total. The van der Waals surface area contributed by atoms with Crippen molar-refractivity contribution in [2.45, 2.75) is 13.0 Å². The Labute approximate surface area is 171 Å². The Kier molecular flexibility index (Phi) is 6.41. The van der Waals surface area contributed by atoms with Crippen molar-refractivity contribution in [1.29, 1.82) is 0 Å². The SMILES string of the molecule is Cc1ccc([C@@H]([NH2+]CC(=O)Nc2ccc([N+](=O)[O-])cc2Cl)c2cccs2)cc1. The number of aryl methyl sites for hydroxylation is 1. The lowest BCUT2D eigenvalue weighted by molar-refractivity contribution is -0.675. The molecule has 8 heteroatoms. The molecule has 1 aromatic heterocycles. The van der Waals surface area contributed by atoms with Crippen LogP contribution in [0.25, 0.3) is 0 Å². The van der Waals surface area contributed by atoms with E-state index in [4.69, 9.17) is 11.6 Å². The molecule has 0 saturated heterocycles. The zero-order valence-corrected chi connectivity index (χ0v) is 16.7. The number of thiophene rings is 1. The minimum Gasteiger partial charge on any atom is -0.328 e. The molecule has 1 amide bonds. The Morgan fingerprint density at radius 1 is 1.25 bits per heavy atom. The average Bonchev–Trinajstić information content (AvgIpc) is 3.19. The molecule has 3 rings (SSSR count). The molecule has 1 atom stereocenters. The van der Waals surface area contributed by atoms with Crippen molar-refractivity contribution in [3.8, 4) is 0 Å². The number of amides is 1. The number of nitrogens with one attached hydrogen (secondary N) is 1. The first-order valence-corrected chi connectivity index (χ1v) is 9.87. The fraction of sp³-hybridized carbons (Fsp3) is 0.150. The van der Waals surface area contributed by atoms with Gasteiger partial charge in [0.2, 0.25) is 0 Å². The number of nitrogens with two attached hydrogens (primary N) is 1. The summed E-state index contributed by atoms with van der Waals surface area (Å²) in [5.41, 5.74) is 2.54. The van der Waals surface area contributed by atoms with Crippen molar-refractivity contribution < 1.29 is 15.0 Å². The van der Waals surface area contributed by atoms with Crippen LogP contribution in [0.3, 0.4) is 0 Å². The van der Waals surface area contributed by atoms with Gasteiger partial charge in [-0.05, 0) is 24.4 Å². The second-order valence-electron chi connectivity index (χ2n) is 6.31. The standard InChI is InChI=1S/C20H18ClN3O3S/c1-13-4-6-14(7-5-13)20(18-3-2-10-28-18)22-12-19(25)23-17-9-8-15(24(26)27)11-16(17)21/h2-11,20,22H,12H2,1H3,(H,23,25)/p+1/t20-/m1/s1. The number of non-ortho nitro benzene ring substituents is 1. The molecule has 0 aliphatic carbocycles. The van der Waals surface area contributed by atoms with Gasteiger partial charge in [-0.3, -0.25) is 14.9 Å². The summed E-state index contributed by atoms with van der Waals surface area (Å²) in [6.45, 7) is 2.22. The summed E-state index contributed by atoms with van der Waals surface area (Å²) in [6, 6.07) is 16.3. The molecule has 0 aliphatic rings. The molecule has 0 aliphatic heterocycles. The van der Waals surface area contributed by atoms with Crippen molar-refractivity contribution in [1.82, 2.24) is 0 Å². The van der Waals surface area contributed by atoms with E-state index in [1.807, 2.05) is 23.7 Å². The van der Waals surface area contributed by atoms with E-state index in [0.29, 0.717) is 5.69 Å². The summed E-state index contributed by atoms with van der Waals surface area (Å²) in [6.07, 6.45) is 0. The number of nitro benzene ring substituents is 1. The molecule has 3 aromatic rings. The fourth-order valence-corrected chi connectivity index (χ4v) is 3.88. The molecule has 0 unspecified atom stereocenters. The highest BCUT2D eigenvalue weighted by Gasteiger charge is 2.20. The van der Waals surface area contributed by atoms with Gasteiger partial charge in [-0.2, -0.15) is 0 Å². The van der Waals surface area contributed by atoms with E-state index in [2.05, 4.69) is 35.6 Å². The Morgan fingerprint density at radius 2 is 2.00 bits per heavy atom. The third kappa shape index (κ3) is 4.95. The highest BCUT2D eigenvalue weighted by Crippen LogP contribution is 2.26. The number of carbonyl (C=O) groups is 1. The van der Waals surface area contributed by atoms with E-state index in [9.17, 15) is 14.9 Å². The van der Waals surface area contributed by atoms with Crippen LogP contribution < -0.4 is 10.6 Å². The lowest BCUT2D eigenvalue weighted by Crippen LogP contribution is -2.87. The topological polar surface area (TPSA) is 88.8 Å². The Hall–Kier alpha value is -2.74. The van der Waals surface area contributed by atoms with Crippen LogP contribution in [0.2, 0.25) is 5.02 Å². The van der Waals surface area contributed by atoms with E-state index >= 15 is 0 Å². The summed E-state index contributed by atoms with van der Waals surface area (Å²) in [5, 5.41) is 17.6. The van der Waals surface area contributed by atoms with Crippen LogP contribution in [-0.4, -0.2) is 17.4 Å². The smallest absolute Gasteiger partial charge is 0.279 e. The lowest BCUT2D eigenvalue weighted by Gasteiger charge is -2.15. The normalized spacial score (nSPS) is 11.8. The largest absolute Gasteiger partial charge is 0.328 e. The molecule has 0 bridgehead atoms. The predicted octanol–water partition coefficient (Wildman–Crippen LogP) is 3.91. The van der Waals surface area contributed by atoms with Crippen molar-refractivity contribution >= 4 is 40.2 Å². The molecule has 0 fully saturated rings. The molecule has 144 valence electrons. The van der Waals surface area contributed by atoms with Gasteiger partial charge >= 0.3 is 0 Å². The molecule has 0 spiro atoms. The third-order valence-corrected chi connectivity index (χ3v) is 5.53. The maximum atomic E-state index is 12.4. The van der Waals surface area contributed by atoms with Gasteiger partial charge in [0.1, 0.15) is 6.04 Å². The number of rotatable bonds is 7. The van der Waals surface area contributed by atoms with Crippen LogP contribution in [0.15, 0.2) is 60.0 Å². The second kappa shape index (κ2) is 8.97. The number of quaternary nitrogens is 1. The number of anilines is 1. The number of carbonyl (C=O) groups excluding carboxylic acids is 1. The molecule has 3 N–H and O–H groups in total. The van der Waals surface area contributed by atoms with E-state index < -0.39 is 4.92 Å². The molecule has 2 aromatic carbocycles. The average molecular weight is 417 g/mol. The monoisotopic (exact) mass is 416 g/mol. The zero-order valence-electron chi connectivity index (χ0n) is 15.1. The quantitative estimate of drug-likeness (QED) is 0.452. The van der Waals surface area contributed by atoms with Gasteiger partial charge in [-0.1, -0.05) is 47.5 Å². The second-order valence-corrected chi connectivity index (χ2v) is 7.70. The summed E-state index contributed by atoms with van der Waals surface area (Å²) in [4.78, 5) is 23.8. The van der Waals surface area contributed by atoms with Crippen LogP contribution in [-0.2, 0) is 4.79 Å². The molecule has 0 saturated carbocycles. The van der Waals surface area contributed by atoms with Gasteiger partial charge in [0, 0.05) is 17.7 Å². The van der Waals surface area contributed by atoms with E-state index in [-0.39, 0.29) is 29.2 Å². The first-order valence-electron chi connectivity index (χ1n) is 8.61. The highest BCUT2D eigenvalue weighted by atomic mass is 35.5. The van der Waals surface area contributed by atoms with E-state index in [1.54, 1.807) is 11.3 Å². The lowest BCUT2D eigenvalue weighted by atomic mass is 10.0. The summed E-state index contributed by atoms with van der Waals surface area (Å²) in [7, 11) is 0. The van der Waals surface area contributed by atoms with E-state index in [0.717, 1.165) is 10.4 Å². The Balaban J connectivity index is 1.69. The number of nitro groups is 1. The van der Waals surface area contributed by atoms with E-state index in [1.165, 1.54) is 23.8 Å². The summed E-state index contributed by atoms with van der Waals surface area (Å²) >= 11 is 7.69. The van der Waals surface area contributed by atoms with Crippen molar-refractivity contribution in [3.05, 3.63) is 91.1 Å². The summed E-state index contributed by atoms with van der Waals surface area (Å²) in [5.74, 6) is -0.232. The molecule has 28 heavy (non-hydrogen) atoms.